The van der Waals surface area contributed by atoms with Gasteiger partial charge in [-0.1, -0.05) is 0 Å². The first-order valence-corrected chi connectivity index (χ1v) is 16.6. The van der Waals surface area contributed by atoms with E-state index in [4.69, 9.17) is 14.2 Å². The van der Waals surface area contributed by atoms with Crippen LogP contribution in [0.3, 0.4) is 0 Å². The molecule has 0 heterocycles. The largest absolute Gasteiger partial charge is 0.396 e. The number of aliphatic hydroxyl groups is 1. The molecule has 0 aliphatic carbocycles. The third-order valence-corrected chi connectivity index (χ3v) is 12.3. The second-order valence-electron chi connectivity index (χ2n) is 6.06. The summed E-state index contributed by atoms with van der Waals surface area (Å²) in [5.41, 5.74) is 0. The van der Waals surface area contributed by atoms with E-state index >= 15 is 0 Å². The highest BCUT2D eigenvalue weighted by Crippen LogP contribution is 2.27. The van der Waals surface area contributed by atoms with Crippen molar-refractivity contribution in [3.63, 3.8) is 0 Å². The number of nitrogens with zero attached hydrogens (tertiary/aromatic N) is 1. The molecule has 0 aromatic rings. The highest BCUT2D eigenvalue weighted by Gasteiger charge is 2.55. The molecule has 0 saturated carbocycles. The minimum Gasteiger partial charge on any atom is -0.396 e. The van der Waals surface area contributed by atoms with E-state index in [-0.39, 0.29) is 0 Å². The van der Waals surface area contributed by atoms with E-state index in [2.05, 4.69) is 0 Å². The first kappa shape index (κ1) is 33.3. The summed E-state index contributed by atoms with van der Waals surface area (Å²) in [6.45, 7) is -3.02. The van der Waals surface area contributed by atoms with Crippen LogP contribution in [0.15, 0.2) is 0 Å². The van der Waals surface area contributed by atoms with Crippen molar-refractivity contribution in [2.45, 2.75) is 26.6 Å². The second-order valence-corrected chi connectivity index (χ2v) is 15.9. The second kappa shape index (κ2) is 10.8. The standard InChI is InChI=1S/C7H18N2O19S6/c10-2-1-4(3-8-5(29(11,12)13)30(14,15)16)9(6(31(17,18)19)32(20,21)22)7(33(23,24)25)34(26,27)28/h4-8,10H,1-3H2,(H,11,12,13)(H,14,15,16)(H,17,18,19)(H,20,21,22)(H,23,24,25)(H,26,27,28). The van der Waals surface area contributed by atoms with Crippen LogP contribution in [0.4, 0.5) is 0 Å². The Balaban J connectivity index is 7.31. The topological polar surface area (TPSA) is 362 Å². The molecule has 34 heavy (non-hydrogen) atoms. The molecule has 0 aliphatic heterocycles. The van der Waals surface area contributed by atoms with Gasteiger partial charge in [-0.05, 0) is 6.42 Å². The molecule has 21 nitrogen and oxygen atoms in total. The van der Waals surface area contributed by atoms with Gasteiger partial charge in [-0.15, -0.1) is 0 Å². The Kier molecular flexibility index (Phi) is 10.5. The Morgan fingerprint density at radius 1 is 0.559 bits per heavy atom. The lowest BCUT2D eigenvalue weighted by Gasteiger charge is -2.37. The molecule has 0 saturated heterocycles. The maximum Gasteiger partial charge on any atom is 0.298 e. The summed E-state index contributed by atoms with van der Waals surface area (Å²) in [7, 11) is -37.0. The molecule has 0 bridgehead atoms. The van der Waals surface area contributed by atoms with Crippen molar-refractivity contribution in [3.05, 3.63) is 0 Å². The van der Waals surface area contributed by atoms with Crippen molar-refractivity contribution in [3.8, 4) is 0 Å². The molecule has 0 amide bonds. The van der Waals surface area contributed by atoms with E-state index in [9.17, 15) is 68.7 Å². The predicted molar refractivity (Wildman–Crippen MR) is 106 cm³/mol. The Bertz CT molecular complexity index is 1210. The molecule has 0 spiro atoms. The van der Waals surface area contributed by atoms with E-state index in [1.807, 2.05) is 0 Å². The third kappa shape index (κ3) is 9.42. The van der Waals surface area contributed by atoms with Gasteiger partial charge in [0.05, 0.1) is 0 Å². The summed E-state index contributed by atoms with van der Waals surface area (Å²) in [5.74, 6) is 0. The lowest BCUT2D eigenvalue weighted by Crippen LogP contribution is -2.62. The third-order valence-electron chi connectivity index (χ3n) is 3.45. The molecule has 8 N–H and O–H groups in total. The summed E-state index contributed by atoms with van der Waals surface area (Å²) in [6, 6.07) is -2.67. The van der Waals surface area contributed by atoms with Crippen LogP contribution in [-0.2, 0) is 60.7 Å². The predicted octanol–water partition coefficient (Wildman–Crippen LogP) is -5.19. The molecule has 0 aromatic carbocycles. The Hall–Kier alpha value is -0.660. The van der Waals surface area contributed by atoms with Gasteiger partial charge < -0.3 is 5.11 Å². The lowest BCUT2D eigenvalue weighted by molar-refractivity contribution is 0.155. The van der Waals surface area contributed by atoms with Crippen molar-refractivity contribution in [1.29, 1.82) is 0 Å². The number of aliphatic hydroxyl groups excluding tert-OH is 1. The van der Waals surface area contributed by atoms with Crippen LogP contribution < -0.4 is 5.32 Å². The van der Waals surface area contributed by atoms with Crippen molar-refractivity contribution in [1.82, 2.24) is 10.2 Å². The number of hydrogen-bond acceptors (Lipinski definition) is 15. The van der Waals surface area contributed by atoms with Crippen LogP contribution in [0, 0.1) is 0 Å². The zero-order valence-corrected chi connectivity index (χ0v) is 20.8. The molecular formula is C7H18N2O19S6. The van der Waals surface area contributed by atoms with Gasteiger partial charge >= 0.3 is 0 Å². The fourth-order valence-corrected chi connectivity index (χ4v) is 9.48. The average Bonchev–Trinajstić information content (AvgIpc) is 2.45. The van der Waals surface area contributed by atoms with E-state index in [1.165, 1.54) is 5.32 Å². The molecule has 27 heteroatoms. The van der Waals surface area contributed by atoms with Crippen molar-refractivity contribution < 1.29 is 82.9 Å². The van der Waals surface area contributed by atoms with Gasteiger partial charge in [0.25, 0.3) is 74.8 Å². The van der Waals surface area contributed by atoms with Gasteiger partial charge in [-0.2, -0.15) is 50.5 Å². The molecule has 206 valence electrons. The number of rotatable bonds is 14. The molecule has 0 rings (SSSR count). The lowest BCUT2D eigenvalue weighted by atomic mass is 10.2. The molecule has 0 fully saturated rings. The maximum atomic E-state index is 11.6. The Morgan fingerprint density at radius 3 is 1.06 bits per heavy atom. The van der Waals surface area contributed by atoms with Crippen LogP contribution in [0.2, 0.25) is 0 Å². The van der Waals surface area contributed by atoms with Gasteiger partial charge in [-0.3, -0.25) is 32.6 Å². The van der Waals surface area contributed by atoms with Gasteiger partial charge in [0, 0.05) is 19.2 Å². The Labute approximate surface area is 193 Å². The monoisotopic (exact) mass is 626 g/mol. The number of nitrogens with one attached hydrogen (secondary N) is 1. The highest BCUT2D eigenvalue weighted by atomic mass is 32.3. The van der Waals surface area contributed by atoms with Crippen molar-refractivity contribution in [2.24, 2.45) is 0 Å². The van der Waals surface area contributed by atoms with Crippen molar-refractivity contribution in [2.75, 3.05) is 13.2 Å². The van der Waals surface area contributed by atoms with Gasteiger partial charge in [0.1, 0.15) is 0 Å². The van der Waals surface area contributed by atoms with E-state index in [0.717, 1.165) is 0 Å². The zero-order chi connectivity index (χ0) is 27.7. The first-order chi connectivity index (χ1) is 14.7. The summed E-state index contributed by atoms with van der Waals surface area (Å²) in [5, 5.41) is 10.4. The highest BCUT2D eigenvalue weighted by molar-refractivity contribution is 8.05. The van der Waals surface area contributed by atoms with Crippen molar-refractivity contribution >= 4 is 60.7 Å². The minimum absolute atomic E-state index is 1.05. The summed E-state index contributed by atoms with van der Waals surface area (Å²) < 4.78 is 181. The van der Waals surface area contributed by atoms with E-state index in [0.29, 0.717) is 0 Å². The summed E-state index contributed by atoms with van der Waals surface area (Å²) in [6.07, 6.45) is -1.28. The number of hydrogen-bond donors (Lipinski definition) is 8. The summed E-state index contributed by atoms with van der Waals surface area (Å²) in [4.78, 5) is -1.05. The quantitative estimate of drug-likeness (QED) is 0.0834. The smallest absolute Gasteiger partial charge is 0.298 e. The normalized spacial score (nSPS) is 16.0. The molecule has 0 radical (unpaired) electrons. The van der Waals surface area contributed by atoms with Gasteiger partial charge in [0.2, 0.25) is 0 Å². The average molecular weight is 627 g/mol. The van der Waals surface area contributed by atoms with Gasteiger partial charge in [0.15, 0.2) is 0 Å². The molecule has 1 atom stereocenters. The zero-order valence-electron chi connectivity index (χ0n) is 15.9. The van der Waals surface area contributed by atoms with E-state index in [1.54, 1.807) is 0 Å². The van der Waals surface area contributed by atoms with Crippen LogP contribution >= 0.6 is 0 Å². The van der Waals surface area contributed by atoms with Crippen LogP contribution in [0.5, 0.6) is 0 Å². The fourth-order valence-electron chi connectivity index (χ4n) is 2.47. The Morgan fingerprint density at radius 2 is 0.853 bits per heavy atom. The molecule has 1 unspecified atom stereocenters. The molecule has 0 aliphatic rings. The first-order valence-electron chi connectivity index (χ1n) is 7.56. The minimum atomic E-state index is -6.35. The maximum absolute atomic E-state index is 11.6. The van der Waals surface area contributed by atoms with E-state index < -0.39 is 105 Å². The fraction of sp³-hybridized carbons (Fsp3) is 1.00. The SMILES string of the molecule is O=S(=O)(O)C(NCC(CCO)N(C(S(=O)(=O)O)S(=O)(=O)O)C(S(=O)(=O)O)S(=O)(=O)O)S(=O)(=O)O. The van der Waals surface area contributed by atoms with Crippen LogP contribution in [-0.4, -0.2) is 121 Å². The van der Waals surface area contributed by atoms with Crippen LogP contribution in [0.25, 0.3) is 0 Å². The van der Waals surface area contributed by atoms with Gasteiger partial charge in [-0.25, -0.2) is 4.90 Å². The summed E-state index contributed by atoms with van der Waals surface area (Å²) >= 11 is 0. The van der Waals surface area contributed by atoms with Crippen LogP contribution in [0.1, 0.15) is 6.42 Å². The molecular weight excluding hydrogens is 608 g/mol. The molecule has 0 aromatic heterocycles.